The van der Waals surface area contributed by atoms with Crippen molar-refractivity contribution in [3.05, 3.63) is 70.0 Å². The number of carbonyl (C=O) groups excluding carboxylic acids is 1. The molecule has 146 valence electrons. The molecule has 2 aromatic rings. The Morgan fingerprint density at radius 1 is 1.21 bits per heavy atom. The van der Waals surface area contributed by atoms with Gasteiger partial charge in [0, 0.05) is 40.7 Å². The van der Waals surface area contributed by atoms with Gasteiger partial charge >= 0.3 is 0 Å². The van der Waals surface area contributed by atoms with E-state index >= 15 is 0 Å². The highest BCUT2D eigenvalue weighted by Crippen LogP contribution is 2.55. The molecule has 1 aliphatic carbocycles. The third-order valence-corrected chi connectivity index (χ3v) is 6.71. The zero-order valence-electron chi connectivity index (χ0n) is 15.9. The molecule has 2 heterocycles. The molecule has 5 atom stereocenters. The third kappa shape index (κ3) is 2.99. The number of fused-ring (bicyclic) bond motifs is 1. The second-order valence-corrected chi connectivity index (χ2v) is 8.61. The van der Waals surface area contributed by atoms with E-state index in [-0.39, 0.29) is 29.7 Å². The maximum Gasteiger partial charge on any atom is 0.230 e. The number of carbonyl (C=O) groups is 1. The number of nitrogens with zero attached hydrogens (tertiary/aromatic N) is 1. The highest BCUT2D eigenvalue weighted by Gasteiger charge is 2.56. The number of methoxy groups -OCH3 is 1. The van der Waals surface area contributed by atoms with Gasteiger partial charge in [0.05, 0.1) is 17.5 Å². The van der Waals surface area contributed by atoms with Gasteiger partial charge in [-0.1, -0.05) is 41.4 Å². The summed E-state index contributed by atoms with van der Waals surface area (Å²) in [4.78, 5) is 17.3. The predicted molar refractivity (Wildman–Crippen MR) is 111 cm³/mol. The quantitative estimate of drug-likeness (QED) is 0.718. The minimum Gasteiger partial charge on any atom is -0.497 e. The highest BCUT2D eigenvalue weighted by atomic mass is 35.5. The van der Waals surface area contributed by atoms with Crippen LogP contribution in [0.4, 0.5) is 0 Å². The van der Waals surface area contributed by atoms with E-state index in [4.69, 9.17) is 27.9 Å². The summed E-state index contributed by atoms with van der Waals surface area (Å²) < 4.78 is 5.29. The van der Waals surface area contributed by atoms with E-state index < -0.39 is 5.41 Å². The molecule has 2 aliphatic rings. The monoisotopic (exact) mass is 416 g/mol. The first-order chi connectivity index (χ1) is 13.3. The standard InChI is InChI=1S/C22H22Cl2N2O2/c1-12-20-19(18-7-4-13(23)11-25-18)16(8-9-22(20,2)21(27)26-12)15-6-5-14(28-3)10-17(15)24/h4-12,16,19-20H,1-3H3,(H,26,27)/t12-,16+,19-,20+,22-/m1/s1. The van der Waals surface area contributed by atoms with Crippen LogP contribution in [0.15, 0.2) is 48.7 Å². The molecule has 1 fully saturated rings. The molecule has 0 radical (unpaired) electrons. The first kappa shape index (κ1) is 19.3. The van der Waals surface area contributed by atoms with Crippen molar-refractivity contribution in [2.24, 2.45) is 11.3 Å². The molecule has 4 rings (SSSR count). The summed E-state index contributed by atoms with van der Waals surface area (Å²) >= 11 is 12.7. The van der Waals surface area contributed by atoms with E-state index in [9.17, 15) is 4.79 Å². The molecule has 0 saturated carbocycles. The SMILES string of the molecule is COc1ccc([C@@H]2C=C[C@@]3(C)C(=O)N[C@H](C)[C@H]3[C@H]2c2ccc(Cl)cn2)c(Cl)c1. The number of hydrogen-bond donors (Lipinski definition) is 1. The van der Waals surface area contributed by atoms with Gasteiger partial charge in [-0.25, -0.2) is 0 Å². The normalized spacial score (nSPS) is 31.4. The molecule has 6 heteroatoms. The molecule has 1 saturated heterocycles. The molecular formula is C22H22Cl2N2O2. The summed E-state index contributed by atoms with van der Waals surface area (Å²) in [7, 11) is 1.62. The number of ether oxygens (including phenoxy) is 1. The highest BCUT2D eigenvalue weighted by molar-refractivity contribution is 6.31. The number of halogens is 2. The molecular weight excluding hydrogens is 395 g/mol. The van der Waals surface area contributed by atoms with Crippen LogP contribution in [0.5, 0.6) is 5.75 Å². The van der Waals surface area contributed by atoms with Gasteiger partial charge in [0.25, 0.3) is 0 Å². The number of benzene rings is 1. The van der Waals surface area contributed by atoms with Gasteiger partial charge < -0.3 is 10.1 Å². The second-order valence-electron chi connectivity index (χ2n) is 7.77. The number of rotatable bonds is 3. The first-order valence-electron chi connectivity index (χ1n) is 9.30. The zero-order chi connectivity index (χ0) is 20.1. The number of amides is 1. The van der Waals surface area contributed by atoms with Crippen LogP contribution >= 0.6 is 23.2 Å². The minimum atomic E-state index is -0.582. The van der Waals surface area contributed by atoms with E-state index in [0.29, 0.717) is 15.8 Å². The molecule has 1 N–H and O–H groups in total. The fourth-order valence-corrected chi connectivity index (χ4v) is 5.20. The van der Waals surface area contributed by atoms with Gasteiger partial charge in [0.1, 0.15) is 5.75 Å². The molecule has 1 aromatic carbocycles. The van der Waals surface area contributed by atoms with Crippen LogP contribution in [-0.4, -0.2) is 24.0 Å². The largest absolute Gasteiger partial charge is 0.497 e. The number of aromatic nitrogens is 1. The van der Waals surface area contributed by atoms with E-state index in [1.54, 1.807) is 13.3 Å². The lowest BCUT2D eigenvalue weighted by molar-refractivity contribution is -0.126. The van der Waals surface area contributed by atoms with E-state index in [2.05, 4.69) is 23.3 Å². The van der Waals surface area contributed by atoms with Gasteiger partial charge in [0.15, 0.2) is 0 Å². The van der Waals surface area contributed by atoms with Crippen LogP contribution in [-0.2, 0) is 4.79 Å². The van der Waals surface area contributed by atoms with Crippen molar-refractivity contribution >= 4 is 29.1 Å². The van der Waals surface area contributed by atoms with Crippen molar-refractivity contribution in [2.45, 2.75) is 31.7 Å². The van der Waals surface area contributed by atoms with Crippen LogP contribution in [0.25, 0.3) is 0 Å². The molecule has 1 aromatic heterocycles. The van der Waals surface area contributed by atoms with Gasteiger partial charge in [-0.15, -0.1) is 0 Å². The van der Waals surface area contributed by atoms with Crippen molar-refractivity contribution in [3.8, 4) is 5.75 Å². The van der Waals surface area contributed by atoms with Crippen LogP contribution in [0.2, 0.25) is 10.0 Å². The Bertz CT molecular complexity index is 944. The van der Waals surface area contributed by atoms with Gasteiger partial charge in [-0.2, -0.15) is 0 Å². The first-order valence-corrected chi connectivity index (χ1v) is 10.1. The summed E-state index contributed by atoms with van der Waals surface area (Å²) in [5.41, 5.74) is 1.32. The average Bonchev–Trinajstić information content (AvgIpc) is 2.91. The third-order valence-electron chi connectivity index (χ3n) is 6.16. The van der Waals surface area contributed by atoms with Gasteiger partial charge in [-0.3, -0.25) is 9.78 Å². The summed E-state index contributed by atoms with van der Waals surface area (Å²) in [6.45, 7) is 4.06. The van der Waals surface area contributed by atoms with E-state index in [0.717, 1.165) is 11.3 Å². The maximum absolute atomic E-state index is 12.7. The molecule has 4 nitrogen and oxygen atoms in total. The molecule has 1 aliphatic heterocycles. The Labute approximate surface area is 174 Å². The fraction of sp³-hybridized carbons (Fsp3) is 0.364. The van der Waals surface area contributed by atoms with Crippen molar-refractivity contribution in [1.82, 2.24) is 10.3 Å². The Morgan fingerprint density at radius 2 is 2.00 bits per heavy atom. The Kier molecular flexibility index (Phi) is 4.88. The lowest BCUT2D eigenvalue weighted by Gasteiger charge is -2.42. The number of hydrogen-bond acceptors (Lipinski definition) is 3. The van der Waals surface area contributed by atoms with E-state index in [1.165, 1.54) is 0 Å². The van der Waals surface area contributed by atoms with Crippen LogP contribution in [0.3, 0.4) is 0 Å². The van der Waals surface area contributed by atoms with Crippen molar-refractivity contribution < 1.29 is 9.53 Å². The van der Waals surface area contributed by atoms with Gasteiger partial charge in [-0.05, 0) is 43.7 Å². The maximum atomic E-state index is 12.7. The predicted octanol–water partition coefficient (Wildman–Crippen LogP) is 4.98. The minimum absolute atomic E-state index is 0.0136. The van der Waals surface area contributed by atoms with Gasteiger partial charge in [0.2, 0.25) is 5.91 Å². The van der Waals surface area contributed by atoms with Crippen LogP contribution in [0, 0.1) is 11.3 Å². The molecule has 0 unspecified atom stereocenters. The summed E-state index contributed by atoms with van der Waals surface area (Å²) in [5, 5.41) is 4.35. The van der Waals surface area contributed by atoms with Crippen molar-refractivity contribution in [1.29, 1.82) is 0 Å². The fourth-order valence-electron chi connectivity index (χ4n) is 4.79. The van der Waals surface area contributed by atoms with Crippen LogP contribution in [0.1, 0.15) is 36.9 Å². The average molecular weight is 417 g/mol. The zero-order valence-corrected chi connectivity index (χ0v) is 17.5. The Morgan fingerprint density at radius 3 is 2.64 bits per heavy atom. The number of allylic oxidation sites excluding steroid dienone is 1. The number of pyridine rings is 1. The van der Waals surface area contributed by atoms with Crippen molar-refractivity contribution in [3.63, 3.8) is 0 Å². The van der Waals surface area contributed by atoms with E-state index in [1.807, 2.05) is 43.3 Å². The number of nitrogens with one attached hydrogen (secondary N) is 1. The molecule has 0 bridgehead atoms. The topological polar surface area (TPSA) is 51.2 Å². The van der Waals surface area contributed by atoms with Crippen molar-refractivity contribution in [2.75, 3.05) is 7.11 Å². The summed E-state index contributed by atoms with van der Waals surface area (Å²) in [6, 6.07) is 9.55. The Balaban J connectivity index is 1.88. The second kappa shape index (κ2) is 7.09. The Hall–Kier alpha value is -2.04. The molecule has 28 heavy (non-hydrogen) atoms. The lowest BCUT2D eigenvalue weighted by atomic mass is 9.60. The van der Waals surface area contributed by atoms with Crippen LogP contribution < -0.4 is 10.1 Å². The molecule has 1 amide bonds. The lowest BCUT2D eigenvalue weighted by Crippen LogP contribution is -2.39. The summed E-state index contributed by atoms with van der Waals surface area (Å²) in [6.07, 6.45) is 5.80. The molecule has 0 spiro atoms. The smallest absolute Gasteiger partial charge is 0.230 e. The summed E-state index contributed by atoms with van der Waals surface area (Å²) in [5.74, 6) is 0.777.